The lowest BCUT2D eigenvalue weighted by Crippen LogP contribution is -2.71. The molecular weight excluding hydrogens is 488 g/mol. The van der Waals surface area contributed by atoms with E-state index < -0.39 is 23.4 Å². The second-order valence-corrected chi connectivity index (χ2v) is 9.07. The number of carbonyl (C=O) groups excluding carboxylic acids is 3. The van der Waals surface area contributed by atoms with Crippen LogP contribution in [0.5, 0.6) is 11.6 Å². The molecule has 0 unspecified atom stereocenters. The molecule has 0 bridgehead atoms. The number of aromatic nitrogens is 3. The van der Waals surface area contributed by atoms with Crippen molar-refractivity contribution in [3.63, 3.8) is 0 Å². The third-order valence-corrected chi connectivity index (χ3v) is 6.75. The van der Waals surface area contributed by atoms with E-state index in [1.165, 1.54) is 0 Å². The molecule has 1 spiro atoms. The van der Waals surface area contributed by atoms with Gasteiger partial charge in [-0.1, -0.05) is 29.4 Å². The maximum atomic E-state index is 12.7. The molecule has 11 nitrogen and oxygen atoms in total. The number of nitrogens with zero attached hydrogens (tertiary/aromatic N) is 4. The Hall–Kier alpha value is -5.06. The first-order chi connectivity index (χ1) is 18.4. The largest absolute Gasteiger partial charge is 0.439 e. The summed E-state index contributed by atoms with van der Waals surface area (Å²) < 4.78 is 11.3. The van der Waals surface area contributed by atoms with Gasteiger partial charge in [-0.15, -0.1) is 0 Å². The average molecular weight is 511 g/mol. The standard InChI is InChI=1S/C27H22N6O5/c1-16-5-2-3-6-20(16)22-29-23(38-32-22)17-7-10-19(11-8-17)37-21-12-9-18(15-28-21)33-14-4-13-27(33)24(34)30-26(36)31-25(27)35/h2-3,5-12,15H,4,13-14H2,1H3,(H2,30,31,34,35,36). The smallest absolute Gasteiger partial charge is 0.328 e. The van der Waals surface area contributed by atoms with Crippen molar-refractivity contribution in [2.45, 2.75) is 25.3 Å². The summed E-state index contributed by atoms with van der Waals surface area (Å²) in [6, 6.07) is 17.6. The lowest BCUT2D eigenvalue weighted by molar-refractivity contribution is -0.137. The number of hydrogen-bond donors (Lipinski definition) is 2. The second kappa shape index (κ2) is 9.11. The summed E-state index contributed by atoms with van der Waals surface area (Å²) in [5.74, 6) is 0.552. The van der Waals surface area contributed by atoms with Gasteiger partial charge in [0, 0.05) is 23.7 Å². The summed E-state index contributed by atoms with van der Waals surface area (Å²) in [4.78, 5) is 47.4. The highest BCUT2D eigenvalue weighted by atomic mass is 16.5. The highest BCUT2D eigenvalue weighted by Crippen LogP contribution is 2.36. The summed E-state index contributed by atoms with van der Waals surface area (Å²) in [5.41, 5.74) is 1.82. The predicted molar refractivity (Wildman–Crippen MR) is 135 cm³/mol. The van der Waals surface area contributed by atoms with Crippen LogP contribution in [0.1, 0.15) is 18.4 Å². The number of carbonyl (C=O) groups is 3. The maximum Gasteiger partial charge on any atom is 0.328 e. The molecule has 190 valence electrons. The molecule has 0 aliphatic carbocycles. The van der Waals surface area contributed by atoms with Crippen LogP contribution in [-0.4, -0.2) is 45.1 Å². The third kappa shape index (κ3) is 3.94. The van der Waals surface area contributed by atoms with Crippen LogP contribution in [0.2, 0.25) is 0 Å². The number of nitrogens with one attached hydrogen (secondary N) is 2. The lowest BCUT2D eigenvalue weighted by Gasteiger charge is -2.38. The highest BCUT2D eigenvalue weighted by Gasteiger charge is 2.57. The van der Waals surface area contributed by atoms with Gasteiger partial charge in [0.2, 0.25) is 11.7 Å². The minimum atomic E-state index is -1.47. The molecular formula is C27H22N6O5. The number of urea groups is 1. The SMILES string of the molecule is Cc1ccccc1-c1noc(-c2ccc(Oc3ccc(N4CCCC45C(=O)NC(=O)NC5=O)cn3)cc2)n1. The summed E-state index contributed by atoms with van der Waals surface area (Å²) >= 11 is 0. The topological polar surface area (TPSA) is 140 Å². The van der Waals surface area contributed by atoms with E-state index in [1.807, 2.05) is 43.3 Å². The van der Waals surface area contributed by atoms with Gasteiger partial charge >= 0.3 is 6.03 Å². The number of ether oxygens (including phenoxy) is 1. The van der Waals surface area contributed by atoms with E-state index >= 15 is 0 Å². The minimum absolute atomic E-state index is 0.301. The van der Waals surface area contributed by atoms with E-state index in [-0.39, 0.29) is 0 Å². The number of amides is 4. The van der Waals surface area contributed by atoms with E-state index in [9.17, 15) is 14.4 Å². The van der Waals surface area contributed by atoms with Crippen LogP contribution in [0.3, 0.4) is 0 Å². The van der Waals surface area contributed by atoms with Crippen LogP contribution < -0.4 is 20.3 Å². The summed E-state index contributed by atoms with van der Waals surface area (Å²) in [6.45, 7) is 2.46. The van der Waals surface area contributed by atoms with Crippen LogP contribution >= 0.6 is 0 Å². The summed E-state index contributed by atoms with van der Waals surface area (Å²) in [5, 5.41) is 8.51. The Morgan fingerprint density at radius 1 is 0.974 bits per heavy atom. The zero-order valence-electron chi connectivity index (χ0n) is 20.3. The number of benzene rings is 2. The molecule has 2 saturated heterocycles. The van der Waals surface area contributed by atoms with Gasteiger partial charge in [-0.3, -0.25) is 20.2 Å². The Bertz CT molecular complexity index is 1530. The molecule has 6 rings (SSSR count). The van der Waals surface area contributed by atoms with Crippen molar-refractivity contribution in [3.05, 3.63) is 72.4 Å². The Morgan fingerprint density at radius 3 is 2.45 bits per heavy atom. The molecule has 0 saturated carbocycles. The second-order valence-electron chi connectivity index (χ2n) is 9.07. The van der Waals surface area contributed by atoms with E-state index in [1.54, 1.807) is 35.4 Å². The first-order valence-electron chi connectivity index (χ1n) is 12.0. The van der Waals surface area contributed by atoms with Crippen LogP contribution in [0.25, 0.3) is 22.8 Å². The molecule has 4 amide bonds. The van der Waals surface area contributed by atoms with Gasteiger partial charge < -0.3 is 14.2 Å². The lowest BCUT2D eigenvalue weighted by atomic mass is 9.92. The molecule has 0 radical (unpaired) electrons. The van der Waals surface area contributed by atoms with Gasteiger partial charge in [-0.25, -0.2) is 9.78 Å². The van der Waals surface area contributed by atoms with Crippen molar-refractivity contribution in [2.75, 3.05) is 11.4 Å². The highest BCUT2D eigenvalue weighted by molar-refractivity contribution is 6.24. The normalized spacial score (nSPS) is 16.4. The Balaban J connectivity index is 1.16. The minimum Gasteiger partial charge on any atom is -0.439 e. The average Bonchev–Trinajstić information content (AvgIpc) is 3.58. The molecule has 4 heterocycles. The zero-order chi connectivity index (χ0) is 26.3. The number of pyridine rings is 1. The van der Waals surface area contributed by atoms with Crippen molar-refractivity contribution in [2.24, 2.45) is 0 Å². The van der Waals surface area contributed by atoms with Crippen LogP contribution in [0.15, 0.2) is 71.4 Å². The predicted octanol–water partition coefficient (Wildman–Crippen LogP) is 3.60. The van der Waals surface area contributed by atoms with E-state index in [4.69, 9.17) is 9.26 Å². The molecule has 2 N–H and O–H groups in total. The van der Waals surface area contributed by atoms with Gasteiger partial charge in [0.15, 0.2) is 5.54 Å². The first kappa shape index (κ1) is 23.3. The summed E-state index contributed by atoms with van der Waals surface area (Å²) in [7, 11) is 0. The van der Waals surface area contributed by atoms with Gasteiger partial charge in [-0.2, -0.15) is 4.98 Å². The number of rotatable bonds is 5. The van der Waals surface area contributed by atoms with Crippen LogP contribution in [-0.2, 0) is 9.59 Å². The van der Waals surface area contributed by atoms with Gasteiger partial charge in [-0.05, 0) is 55.7 Å². The quantitative estimate of drug-likeness (QED) is 0.385. The molecule has 2 aromatic carbocycles. The Morgan fingerprint density at radius 2 is 1.74 bits per heavy atom. The van der Waals surface area contributed by atoms with Crippen molar-refractivity contribution >= 4 is 23.5 Å². The third-order valence-electron chi connectivity index (χ3n) is 6.75. The van der Waals surface area contributed by atoms with Crippen molar-refractivity contribution in [1.82, 2.24) is 25.8 Å². The Labute approximate surface area is 216 Å². The summed E-state index contributed by atoms with van der Waals surface area (Å²) in [6.07, 6.45) is 2.46. The molecule has 0 atom stereocenters. The van der Waals surface area contributed by atoms with Gasteiger partial charge in [0.05, 0.1) is 11.9 Å². The fraction of sp³-hybridized carbons (Fsp3) is 0.185. The number of barbiturate groups is 1. The van der Waals surface area contributed by atoms with Gasteiger partial charge in [0.1, 0.15) is 5.75 Å². The van der Waals surface area contributed by atoms with E-state index in [0.717, 1.165) is 16.7 Å². The molecule has 2 fully saturated rings. The maximum absolute atomic E-state index is 12.7. The zero-order valence-corrected chi connectivity index (χ0v) is 20.3. The van der Waals surface area contributed by atoms with Crippen molar-refractivity contribution in [3.8, 4) is 34.5 Å². The monoisotopic (exact) mass is 510 g/mol. The fourth-order valence-corrected chi connectivity index (χ4v) is 4.84. The molecule has 2 aliphatic rings. The number of aryl methyl sites for hydroxylation is 1. The first-order valence-corrected chi connectivity index (χ1v) is 12.0. The fourth-order valence-electron chi connectivity index (χ4n) is 4.84. The number of hydrogen-bond acceptors (Lipinski definition) is 9. The van der Waals surface area contributed by atoms with Crippen LogP contribution in [0.4, 0.5) is 10.5 Å². The molecule has 4 aromatic rings. The number of imide groups is 2. The van der Waals surface area contributed by atoms with E-state index in [0.29, 0.717) is 48.4 Å². The number of anilines is 1. The molecule has 2 aliphatic heterocycles. The van der Waals surface area contributed by atoms with Gasteiger partial charge in [0.25, 0.3) is 17.7 Å². The van der Waals surface area contributed by atoms with Crippen LogP contribution in [0, 0.1) is 6.92 Å². The molecule has 2 aromatic heterocycles. The molecule has 38 heavy (non-hydrogen) atoms. The van der Waals surface area contributed by atoms with E-state index in [2.05, 4.69) is 25.8 Å². The van der Waals surface area contributed by atoms with Crippen molar-refractivity contribution in [1.29, 1.82) is 0 Å². The Kier molecular flexibility index (Phi) is 5.60. The van der Waals surface area contributed by atoms with Crippen molar-refractivity contribution < 1.29 is 23.6 Å². The molecule has 11 heteroatoms.